The van der Waals surface area contributed by atoms with Crippen molar-refractivity contribution >= 4 is 0 Å². The first-order valence-electron chi connectivity index (χ1n) is 4.87. The lowest BCUT2D eigenvalue weighted by Gasteiger charge is -2.33. The number of hydrogen-bond donors (Lipinski definition) is 1. The smallest absolute Gasteiger partial charge is 0.0138 e. The Morgan fingerprint density at radius 2 is 1.67 bits per heavy atom. The third-order valence-corrected chi connectivity index (χ3v) is 2.48. The molecule has 0 bridgehead atoms. The second kappa shape index (κ2) is 5.55. The molecule has 0 aliphatic carbocycles. The fourth-order valence-electron chi connectivity index (χ4n) is 2.20. The van der Waals surface area contributed by atoms with Gasteiger partial charge in [-0.2, -0.15) is 0 Å². The second-order valence-electron chi connectivity index (χ2n) is 4.25. The zero-order valence-electron chi connectivity index (χ0n) is 9.17. The summed E-state index contributed by atoms with van der Waals surface area (Å²) in [6, 6.07) is 0.661. The molecule has 0 radical (unpaired) electrons. The Hall–Kier alpha value is -0.0800. The highest BCUT2D eigenvalue weighted by Gasteiger charge is 2.21. The van der Waals surface area contributed by atoms with Crippen LogP contribution in [0, 0.1) is 11.8 Å². The van der Waals surface area contributed by atoms with Gasteiger partial charge in [0, 0.05) is 6.04 Å². The quantitative estimate of drug-likeness (QED) is 0.682. The topological polar surface area (TPSA) is 29.3 Å². The Morgan fingerprint density at radius 1 is 1.17 bits per heavy atom. The van der Waals surface area contributed by atoms with Crippen LogP contribution in [-0.4, -0.2) is 31.6 Å². The average molecular weight is 172 g/mol. The maximum atomic E-state index is 5.55. The van der Waals surface area contributed by atoms with Crippen LogP contribution in [0.15, 0.2) is 0 Å². The fourth-order valence-corrected chi connectivity index (χ4v) is 2.20. The molecule has 74 valence electrons. The predicted molar refractivity (Wildman–Crippen MR) is 55.1 cm³/mol. The third-order valence-electron chi connectivity index (χ3n) is 2.48. The molecule has 0 spiro atoms. The normalized spacial score (nSPS) is 17.0. The van der Waals surface area contributed by atoms with Crippen LogP contribution in [0.25, 0.3) is 0 Å². The number of nitrogens with zero attached hydrogens (tertiary/aromatic N) is 1. The van der Waals surface area contributed by atoms with Crippen molar-refractivity contribution in [1.82, 2.24) is 4.90 Å². The molecule has 0 aromatic carbocycles. The summed E-state index contributed by atoms with van der Waals surface area (Å²) < 4.78 is 0. The van der Waals surface area contributed by atoms with Crippen molar-refractivity contribution in [3.05, 3.63) is 0 Å². The first-order chi connectivity index (χ1) is 5.50. The monoisotopic (exact) mass is 172 g/mol. The van der Waals surface area contributed by atoms with Gasteiger partial charge < -0.3 is 10.6 Å². The van der Waals surface area contributed by atoms with Gasteiger partial charge in [-0.05, 0) is 38.9 Å². The molecule has 2 atom stereocenters. The summed E-state index contributed by atoms with van der Waals surface area (Å²) in [5.74, 6) is 1.41. The van der Waals surface area contributed by atoms with Gasteiger partial charge in [0.1, 0.15) is 0 Å². The Morgan fingerprint density at radius 3 is 1.92 bits per heavy atom. The lowest BCUT2D eigenvalue weighted by molar-refractivity contribution is 0.162. The van der Waals surface area contributed by atoms with Crippen molar-refractivity contribution in [3.63, 3.8) is 0 Å². The van der Waals surface area contributed by atoms with Gasteiger partial charge in [-0.3, -0.25) is 0 Å². The molecule has 0 amide bonds. The SMILES string of the molecule is CC(C)C(C(C)CCN)N(C)C. The Bertz CT molecular complexity index is 102. The van der Waals surface area contributed by atoms with Crippen molar-refractivity contribution in [2.75, 3.05) is 20.6 Å². The van der Waals surface area contributed by atoms with Crippen LogP contribution >= 0.6 is 0 Å². The van der Waals surface area contributed by atoms with Crippen LogP contribution in [-0.2, 0) is 0 Å². The molecule has 0 fully saturated rings. The summed E-state index contributed by atoms with van der Waals surface area (Å²) in [5.41, 5.74) is 5.55. The van der Waals surface area contributed by atoms with E-state index in [1.165, 1.54) is 0 Å². The number of hydrogen-bond acceptors (Lipinski definition) is 2. The van der Waals surface area contributed by atoms with Gasteiger partial charge in [-0.1, -0.05) is 20.8 Å². The number of nitrogens with two attached hydrogens (primary N) is 1. The molecule has 0 saturated carbocycles. The van der Waals surface area contributed by atoms with Crippen molar-refractivity contribution in [2.45, 2.75) is 33.2 Å². The lowest BCUT2D eigenvalue weighted by Crippen LogP contribution is -2.39. The summed E-state index contributed by atoms with van der Waals surface area (Å²) >= 11 is 0. The van der Waals surface area contributed by atoms with Crippen molar-refractivity contribution < 1.29 is 0 Å². The van der Waals surface area contributed by atoms with Gasteiger partial charge in [0.15, 0.2) is 0 Å². The van der Waals surface area contributed by atoms with E-state index < -0.39 is 0 Å². The fraction of sp³-hybridized carbons (Fsp3) is 1.00. The Kier molecular flexibility index (Phi) is 5.51. The molecule has 2 N–H and O–H groups in total. The van der Waals surface area contributed by atoms with Gasteiger partial charge in [-0.15, -0.1) is 0 Å². The highest BCUT2D eigenvalue weighted by Crippen LogP contribution is 2.19. The summed E-state index contributed by atoms with van der Waals surface area (Å²) in [4.78, 5) is 2.31. The molecule has 0 heterocycles. The van der Waals surface area contributed by atoms with E-state index in [0.717, 1.165) is 13.0 Å². The van der Waals surface area contributed by atoms with E-state index >= 15 is 0 Å². The van der Waals surface area contributed by atoms with E-state index in [-0.39, 0.29) is 0 Å². The van der Waals surface area contributed by atoms with Crippen LogP contribution in [0.3, 0.4) is 0 Å². The standard InChI is InChI=1S/C10H24N2/c1-8(2)10(12(4)5)9(3)6-7-11/h8-10H,6-7,11H2,1-5H3. The molecule has 0 aromatic rings. The van der Waals surface area contributed by atoms with Gasteiger partial charge in [0.2, 0.25) is 0 Å². The molecular formula is C10H24N2. The van der Waals surface area contributed by atoms with Crippen LogP contribution in [0.5, 0.6) is 0 Å². The maximum Gasteiger partial charge on any atom is 0.0138 e. The zero-order chi connectivity index (χ0) is 9.72. The number of rotatable bonds is 5. The van der Waals surface area contributed by atoms with Crippen molar-refractivity contribution in [3.8, 4) is 0 Å². The van der Waals surface area contributed by atoms with Gasteiger partial charge in [0.25, 0.3) is 0 Å². The molecule has 0 saturated heterocycles. The van der Waals surface area contributed by atoms with Crippen LogP contribution < -0.4 is 5.73 Å². The Labute approximate surface area is 77.1 Å². The van der Waals surface area contributed by atoms with Crippen LogP contribution in [0.2, 0.25) is 0 Å². The summed E-state index contributed by atoms with van der Waals surface area (Å²) in [5, 5.41) is 0. The lowest BCUT2D eigenvalue weighted by atomic mass is 9.89. The minimum atomic E-state index is 0.661. The molecule has 12 heavy (non-hydrogen) atoms. The van der Waals surface area contributed by atoms with E-state index in [0.29, 0.717) is 17.9 Å². The first-order valence-corrected chi connectivity index (χ1v) is 4.87. The highest BCUT2D eigenvalue weighted by molar-refractivity contribution is 4.76. The predicted octanol–water partition coefficient (Wildman–Crippen LogP) is 1.56. The van der Waals surface area contributed by atoms with E-state index in [2.05, 4.69) is 39.8 Å². The molecule has 2 heteroatoms. The van der Waals surface area contributed by atoms with E-state index in [1.54, 1.807) is 0 Å². The second-order valence-corrected chi connectivity index (χ2v) is 4.25. The molecule has 0 aliphatic rings. The first kappa shape index (κ1) is 11.9. The van der Waals surface area contributed by atoms with Crippen molar-refractivity contribution in [1.29, 1.82) is 0 Å². The van der Waals surface area contributed by atoms with Crippen LogP contribution in [0.4, 0.5) is 0 Å². The van der Waals surface area contributed by atoms with Crippen molar-refractivity contribution in [2.24, 2.45) is 17.6 Å². The molecule has 0 rings (SSSR count). The molecule has 2 nitrogen and oxygen atoms in total. The third kappa shape index (κ3) is 3.55. The minimum absolute atomic E-state index is 0.661. The van der Waals surface area contributed by atoms with Gasteiger partial charge in [-0.25, -0.2) is 0 Å². The van der Waals surface area contributed by atoms with Gasteiger partial charge in [0.05, 0.1) is 0 Å². The minimum Gasteiger partial charge on any atom is -0.330 e. The largest absolute Gasteiger partial charge is 0.330 e. The van der Waals surface area contributed by atoms with E-state index in [9.17, 15) is 0 Å². The average Bonchev–Trinajstić information content (AvgIpc) is 1.85. The molecule has 0 aliphatic heterocycles. The Balaban J connectivity index is 4.09. The van der Waals surface area contributed by atoms with Crippen LogP contribution in [0.1, 0.15) is 27.2 Å². The maximum absolute atomic E-state index is 5.55. The summed E-state index contributed by atoms with van der Waals surface area (Å²) in [6.07, 6.45) is 1.13. The van der Waals surface area contributed by atoms with Gasteiger partial charge >= 0.3 is 0 Å². The molecule has 0 aromatic heterocycles. The van der Waals surface area contributed by atoms with E-state index in [1.807, 2.05) is 0 Å². The molecular weight excluding hydrogens is 148 g/mol. The summed E-state index contributed by atoms with van der Waals surface area (Å²) in [6.45, 7) is 7.64. The highest BCUT2D eigenvalue weighted by atomic mass is 15.1. The molecule has 2 unspecified atom stereocenters. The van der Waals surface area contributed by atoms with E-state index in [4.69, 9.17) is 5.73 Å². The summed E-state index contributed by atoms with van der Waals surface area (Å²) in [7, 11) is 4.30. The zero-order valence-corrected chi connectivity index (χ0v) is 9.17.